The number of pyridine rings is 1. The van der Waals surface area contributed by atoms with Gasteiger partial charge < -0.3 is 14.6 Å². The highest BCUT2D eigenvalue weighted by Crippen LogP contribution is 2.20. The summed E-state index contributed by atoms with van der Waals surface area (Å²) in [5, 5.41) is 3.58. The number of aryl methyl sites for hydroxylation is 2. The number of carbonyl (C=O) groups excluding carboxylic acids is 1. The van der Waals surface area contributed by atoms with Crippen LogP contribution in [-0.2, 0) is 23.5 Å². The average Bonchev–Trinajstić information content (AvgIpc) is 2.73. The van der Waals surface area contributed by atoms with E-state index in [0.29, 0.717) is 23.1 Å². The summed E-state index contributed by atoms with van der Waals surface area (Å²) in [6, 6.07) is 13.4. The Kier molecular flexibility index (Phi) is 7.83. The van der Waals surface area contributed by atoms with Crippen molar-refractivity contribution >= 4 is 17.7 Å². The Morgan fingerprint density at radius 1 is 1.13 bits per heavy atom. The highest BCUT2D eigenvalue weighted by molar-refractivity contribution is 7.98. The fourth-order valence-corrected chi connectivity index (χ4v) is 4.06. The predicted octanol–water partition coefficient (Wildman–Crippen LogP) is 2.91. The topological polar surface area (TPSA) is 86.1 Å². The average molecular weight is 439 g/mol. The van der Waals surface area contributed by atoms with E-state index in [-0.39, 0.29) is 23.6 Å². The largest absolute Gasteiger partial charge is 0.491 e. The van der Waals surface area contributed by atoms with Crippen molar-refractivity contribution in [3.63, 3.8) is 0 Å². The SMILES string of the molecule is COc1cn(CC(=O)NCCc2ccccc2)c(CSc2nc(C)cc(C)n2)cc1=O. The first-order valence-corrected chi connectivity index (χ1v) is 11.0. The van der Waals surface area contributed by atoms with Crippen molar-refractivity contribution in [3.8, 4) is 5.75 Å². The van der Waals surface area contributed by atoms with Crippen LogP contribution in [0.4, 0.5) is 0 Å². The van der Waals surface area contributed by atoms with Crippen LogP contribution in [-0.4, -0.2) is 34.1 Å². The standard InChI is InChI=1S/C23H26N4O3S/c1-16-11-17(2)26-23(25-16)31-15-19-12-20(28)21(30-3)13-27(19)14-22(29)24-10-9-18-7-5-4-6-8-18/h4-8,11-13H,9-10,14-15H2,1-3H3,(H,24,29). The van der Waals surface area contributed by atoms with Gasteiger partial charge in [0.2, 0.25) is 11.3 Å². The number of carbonyl (C=O) groups is 1. The second-order valence-corrected chi connectivity index (χ2v) is 8.08. The van der Waals surface area contributed by atoms with Gasteiger partial charge in [-0.25, -0.2) is 9.97 Å². The fraction of sp³-hybridized carbons (Fsp3) is 0.304. The molecule has 31 heavy (non-hydrogen) atoms. The molecule has 0 aliphatic heterocycles. The van der Waals surface area contributed by atoms with Crippen molar-refractivity contribution in [1.29, 1.82) is 0 Å². The summed E-state index contributed by atoms with van der Waals surface area (Å²) < 4.78 is 6.90. The van der Waals surface area contributed by atoms with Crippen molar-refractivity contribution in [2.45, 2.75) is 37.7 Å². The van der Waals surface area contributed by atoms with E-state index in [4.69, 9.17) is 4.74 Å². The van der Waals surface area contributed by atoms with Gasteiger partial charge in [0.15, 0.2) is 10.9 Å². The number of amides is 1. The first kappa shape index (κ1) is 22.6. The lowest BCUT2D eigenvalue weighted by molar-refractivity contribution is -0.121. The van der Waals surface area contributed by atoms with E-state index in [1.165, 1.54) is 30.5 Å². The van der Waals surface area contributed by atoms with Gasteiger partial charge >= 0.3 is 0 Å². The van der Waals surface area contributed by atoms with Gasteiger partial charge in [-0.15, -0.1) is 0 Å². The molecule has 0 saturated heterocycles. The molecule has 0 unspecified atom stereocenters. The Balaban J connectivity index is 1.68. The van der Waals surface area contributed by atoms with E-state index in [9.17, 15) is 9.59 Å². The van der Waals surface area contributed by atoms with Gasteiger partial charge in [-0.3, -0.25) is 9.59 Å². The fourth-order valence-electron chi connectivity index (χ4n) is 3.12. The molecule has 0 atom stereocenters. The zero-order chi connectivity index (χ0) is 22.2. The minimum Gasteiger partial charge on any atom is -0.491 e. The molecular formula is C23H26N4O3S. The lowest BCUT2D eigenvalue weighted by atomic mass is 10.1. The minimum absolute atomic E-state index is 0.0923. The van der Waals surface area contributed by atoms with E-state index in [0.717, 1.165) is 17.8 Å². The van der Waals surface area contributed by atoms with Crippen LogP contribution in [0, 0.1) is 13.8 Å². The maximum Gasteiger partial charge on any atom is 0.239 e. The Labute approximate surface area is 185 Å². The van der Waals surface area contributed by atoms with Crippen molar-refractivity contribution in [3.05, 3.63) is 81.5 Å². The van der Waals surface area contributed by atoms with Gasteiger partial charge in [-0.2, -0.15) is 0 Å². The Morgan fingerprint density at radius 2 is 1.84 bits per heavy atom. The quantitative estimate of drug-likeness (QED) is 0.408. The molecule has 0 fully saturated rings. The van der Waals surface area contributed by atoms with E-state index >= 15 is 0 Å². The molecular weight excluding hydrogens is 412 g/mol. The van der Waals surface area contributed by atoms with Gasteiger partial charge in [0, 0.05) is 35.4 Å². The van der Waals surface area contributed by atoms with Gasteiger partial charge in [0.05, 0.1) is 13.3 Å². The third-order valence-corrected chi connectivity index (χ3v) is 5.49. The first-order valence-electron chi connectivity index (χ1n) is 9.97. The lowest BCUT2D eigenvalue weighted by Crippen LogP contribution is -2.30. The molecule has 0 aliphatic carbocycles. The number of aromatic nitrogens is 3. The van der Waals surface area contributed by atoms with Crippen LogP contribution in [0.3, 0.4) is 0 Å². The summed E-state index contributed by atoms with van der Waals surface area (Å²) in [4.78, 5) is 33.7. The van der Waals surface area contributed by atoms with E-state index in [1.54, 1.807) is 10.8 Å². The van der Waals surface area contributed by atoms with Gasteiger partial charge in [0.1, 0.15) is 6.54 Å². The number of nitrogens with one attached hydrogen (secondary N) is 1. The van der Waals surface area contributed by atoms with Gasteiger partial charge in [-0.1, -0.05) is 42.1 Å². The molecule has 1 N–H and O–H groups in total. The highest BCUT2D eigenvalue weighted by atomic mass is 32.2. The Morgan fingerprint density at radius 3 is 2.52 bits per heavy atom. The number of ether oxygens (including phenoxy) is 1. The molecule has 0 bridgehead atoms. The molecule has 1 amide bonds. The maximum absolute atomic E-state index is 12.5. The molecule has 3 aromatic rings. The van der Waals surface area contributed by atoms with Crippen molar-refractivity contribution < 1.29 is 9.53 Å². The first-order chi connectivity index (χ1) is 14.9. The molecule has 162 valence electrons. The van der Waals surface area contributed by atoms with Crippen LogP contribution in [0.25, 0.3) is 0 Å². The smallest absolute Gasteiger partial charge is 0.239 e. The summed E-state index contributed by atoms with van der Waals surface area (Å²) >= 11 is 1.43. The van der Waals surface area contributed by atoms with Crippen LogP contribution in [0.15, 0.2) is 58.6 Å². The number of hydrogen-bond acceptors (Lipinski definition) is 6. The van der Waals surface area contributed by atoms with E-state index in [1.807, 2.05) is 50.2 Å². The number of hydrogen-bond donors (Lipinski definition) is 1. The van der Waals surface area contributed by atoms with E-state index < -0.39 is 0 Å². The summed E-state index contributed by atoms with van der Waals surface area (Å²) in [5.74, 6) is 0.531. The molecule has 0 spiro atoms. The Hall–Kier alpha value is -3.13. The summed E-state index contributed by atoms with van der Waals surface area (Å²) in [6.07, 6.45) is 2.34. The van der Waals surface area contributed by atoms with Gasteiger partial charge in [-0.05, 0) is 31.9 Å². The van der Waals surface area contributed by atoms with E-state index in [2.05, 4.69) is 15.3 Å². The molecule has 3 rings (SSSR count). The van der Waals surface area contributed by atoms with Crippen LogP contribution in [0.5, 0.6) is 5.75 Å². The molecule has 0 radical (unpaired) electrons. The molecule has 8 heteroatoms. The van der Waals surface area contributed by atoms with Crippen LogP contribution >= 0.6 is 11.8 Å². The highest BCUT2D eigenvalue weighted by Gasteiger charge is 2.12. The molecule has 7 nitrogen and oxygen atoms in total. The number of thioether (sulfide) groups is 1. The predicted molar refractivity (Wildman–Crippen MR) is 121 cm³/mol. The summed E-state index contributed by atoms with van der Waals surface area (Å²) in [7, 11) is 1.44. The normalized spacial score (nSPS) is 10.7. The van der Waals surface area contributed by atoms with Crippen molar-refractivity contribution in [1.82, 2.24) is 19.9 Å². The molecule has 2 heterocycles. The lowest BCUT2D eigenvalue weighted by Gasteiger charge is -2.15. The van der Waals surface area contributed by atoms with Gasteiger partial charge in [0.25, 0.3) is 0 Å². The Bertz CT molecular complexity index is 1080. The zero-order valence-electron chi connectivity index (χ0n) is 17.9. The van der Waals surface area contributed by atoms with Crippen LogP contribution in [0.1, 0.15) is 22.6 Å². The minimum atomic E-state index is -0.222. The maximum atomic E-state index is 12.5. The van der Waals surface area contributed by atoms with Crippen LogP contribution < -0.4 is 15.5 Å². The van der Waals surface area contributed by atoms with Crippen molar-refractivity contribution in [2.24, 2.45) is 0 Å². The second-order valence-electron chi connectivity index (χ2n) is 7.13. The monoisotopic (exact) mass is 438 g/mol. The zero-order valence-corrected chi connectivity index (χ0v) is 18.7. The third kappa shape index (κ3) is 6.68. The summed E-state index contributed by atoms with van der Waals surface area (Å²) in [6.45, 7) is 4.47. The number of benzene rings is 1. The number of nitrogens with zero attached hydrogens (tertiary/aromatic N) is 3. The number of methoxy groups -OCH3 is 1. The molecule has 0 aliphatic rings. The number of rotatable bonds is 9. The van der Waals surface area contributed by atoms with Crippen LogP contribution in [0.2, 0.25) is 0 Å². The third-order valence-electron chi connectivity index (χ3n) is 4.61. The molecule has 1 aromatic carbocycles. The van der Waals surface area contributed by atoms with Crippen molar-refractivity contribution in [2.75, 3.05) is 13.7 Å². The molecule has 0 saturated carbocycles. The summed E-state index contributed by atoms with van der Waals surface area (Å²) in [5.41, 5.74) is 3.43. The molecule has 2 aromatic heterocycles. The second kappa shape index (κ2) is 10.8.